The first-order valence-electron chi connectivity index (χ1n) is 4.83. The zero-order valence-corrected chi connectivity index (χ0v) is 8.79. The largest absolute Gasteiger partial charge is 0.463 e. The van der Waals surface area contributed by atoms with Crippen LogP contribution in [0.15, 0.2) is 27.9 Å². The van der Waals surface area contributed by atoms with Crippen molar-refractivity contribution in [3.63, 3.8) is 0 Å². The molecule has 0 aliphatic rings. The van der Waals surface area contributed by atoms with Gasteiger partial charge in [-0.3, -0.25) is 0 Å². The van der Waals surface area contributed by atoms with Gasteiger partial charge in [0.25, 0.3) is 5.95 Å². The maximum Gasteiger partial charge on any atom is 0.263 e. The van der Waals surface area contributed by atoms with Gasteiger partial charge in [-0.1, -0.05) is 6.92 Å². The van der Waals surface area contributed by atoms with E-state index >= 15 is 0 Å². The molecule has 84 valence electrons. The summed E-state index contributed by atoms with van der Waals surface area (Å²) in [4.78, 5) is 0. The number of aryl methyl sites for hydroxylation is 1. The van der Waals surface area contributed by atoms with Crippen LogP contribution in [0.3, 0.4) is 0 Å². The lowest BCUT2D eigenvalue weighted by Crippen LogP contribution is -2.14. The third kappa shape index (κ3) is 2.02. The summed E-state index contributed by atoms with van der Waals surface area (Å²) in [5, 5.41) is 11.6. The predicted molar refractivity (Wildman–Crippen MR) is 59.5 cm³/mol. The highest BCUT2D eigenvalue weighted by atomic mass is 16.3. The Balaban J connectivity index is 2.02. The summed E-state index contributed by atoms with van der Waals surface area (Å²) in [6.07, 6.45) is 3.81. The molecule has 0 atom stereocenters. The van der Waals surface area contributed by atoms with Crippen LogP contribution in [0.4, 0.5) is 5.95 Å². The predicted octanol–water partition coefficient (Wildman–Crippen LogP) is 0.593. The monoisotopic (exact) mass is 220 g/mol. The van der Waals surface area contributed by atoms with Crippen molar-refractivity contribution in [1.82, 2.24) is 14.9 Å². The van der Waals surface area contributed by atoms with Gasteiger partial charge in [0.2, 0.25) is 0 Å². The van der Waals surface area contributed by atoms with E-state index in [9.17, 15) is 0 Å². The minimum Gasteiger partial charge on any atom is -0.463 e. The van der Waals surface area contributed by atoms with Gasteiger partial charge >= 0.3 is 0 Å². The zero-order valence-electron chi connectivity index (χ0n) is 8.79. The second kappa shape index (κ2) is 4.47. The first kappa shape index (κ1) is 10.2. The van der Waals surface area contributed by atoms with Crippen molar-refractivity contribution >= 4 is 12.2 Å². The van der Waals surface area contributed by atoms with Crippen molar-refractivity contribution in [1.29, 1.82) is 0 Å². The average Bonchev–Trinajstić information content (AvgIpc) is 2.90. The Morgan fingerprint density at radius 1 is 1.62 bits per heavy atom. The summed E-state index contributed by atoms with van der Waals surface area (Å²) in [7, 11) is 0. The molecule has 0 bridgehead atoms. The molecule has 0 aromatic carbocycles. The Morgan fingerprint density at radius 2 is 2.50 bits per heavy atom. The van der Waals surface area contributed by atoms with Crippen molar-refractivity contribution in [2.75, 3.05) is 11.3 Å². The molecule has 0 saturated carbocycles. The second-order valence-corrected chi connectivity index (χ2v) is 3.05. The van der Waals surface area contributed by atoms with Crippen LogP contribution >= 0.6 is 0 Å². The van der Waals surface area contributed by atoms with Gasteiger partial charge in [-0.2, -0.15) is 5.10 Å². The summed E-state index contributed by atoms with van der Waals surface area (Å²) in [5.74, 6) is 7.43. The summed E-state index contributed by atoms with van der Waals surface area (Å²) in [5.41, 5.74) is 2.68. The number of hydrogen-bond acceptors (Lipinski definition) is 6. The van der Waals surface area contributed by atoms with Crippen LogP contribution in [-0.2, 0) is 6.42 Å². The number of rotatable bonds is 4. The molecule has 0 spiro atoms. The number of nitrogens with zero attached hydrogens (tertiary/aromatic N) is 4. The van der Waals surface area contributed by atoms with Gasteiger partial charge in [0.05, 0.1) is 12.5 Å². The molecule has 16 heavy (non-hydrogen) atoms. The molecule has 2 rings (SSSR count). The van der Waals surface area contributed by atoms with E-state index in [0.29, 0.717) is 24.0 Å². The summed E-state index contributed by atoms with van der Waals surface area (Å²) in [6.45, 7) is 1.95. The first-order chi connectivity index (χ1) is 7.81. The normalized spacial score (nSPS) is 11.1. The molecule has 0 fully saturated rings. The molecule has 7 heteroatoms. The lowest BCUT2D eigenvalue weighted by molar-refractivity contribution is 0.560. The van der Waals surface area contributed by atoms with Crippen molar-refractivity contribution in [3.05, 3.63) is 30.0 Å². The van der Waals surface area contributed by atoms with Crippen LogP contribution < -0.4 is 11.3 Å². The van der Waals surface area contributed by atoms with E-state index in [1.54, 1.807) is 18.4 Å². The number of nitrogens with one attached hydrogen (secondary N) is 1. The molecule has 0 unspecified atom stereocenters. The first-order valence-corrected chi connectivity index (χ1v) is 4.83. The summed E-state index contributed by atoms with van der Waals surface area (Å²) < 4.78 is 6.43. The van der Waals surface area contributed by atoms with E-state index in [2.05, 4.69) is 20.7 Å². The maximum absolute atomic E-state index is 5.71. The van der Waals surface area contributed by atoms with Crippen LogP contribution in [0.2, 0.25) is 0 Å². The Morgan fingerprint density at radius 3 is 3.12 bits per heavy atom. The Hall–Kier alpha value is -2.31. The molecule has 3 N–H and O–H groups in total. The standard InChI is InChI=1S/C9H12N6O/c1-2-8-12-14-9(15(8)10)13-11-6-7-4-3-5-16-7/h3-6H,2,10H2,1H3,(H,13,14)/b11-6-. The molecule has 0 aliphatic heterocycles. The minimum absolute atomic E-state index is 0.389. The van der Waals surface area contributed by atoms with Crippen LogP contribution in [0, 0.1) is 0 Å². The van der Waals surface area contributed by atoms with Crippen LogP contribution in [0.5, 0.6) is 0 Å². The lowest BCUT2D eigenvalue weighted by atomic mass is 10.5. The molecule has 2 aromatic heterocycles. The van der Waals surface area contributed by atoms with Crippen LogP contribution in [0.1, 0.15) is 18.5 Å². The van der Waals surface area contributed by atoms with E-state index in [4.69, 9.17) is 10.3 Å². The molecule has 2 aromatic rings. The van der Waals surface area contributed by atoms with Crippen molar-refractivity contribution < 1.29 is 4.42 Å². The van der Waals surface area contributed by atoms with E-state index < -0.39 is 0 Å². The number of nitrogens with two attached hydrogens (primary N) is 1. The molecule has 0 aliphatic carbocycles. The topological polar surface area (TPSA) is 94.3 Å². The van der Waals surface area contributed by atoms with Gasteiger partial charge in [0.15, 0.2) is 5.82 Å². The minimum atomic E-state index is 0.389. The van der Waals surface area contributed by atoms with Crippen molar-refractivity contribution in [2.45, 2.75) is 13.3 Å². The highest BCUT2D eigenvalue weighted by Crippen LogP contribution is 2.03. The number of nitrogen functional groups attached to an aromatic ring is 1. The maximum atomic E-state index is 5.71. The van der Waals surface area contributed by atoms with Crippen LogP contribution in [0.25, 0.3) is 0 Å². The zero-order chi connectivity index (χ0) is 11.4. The van der Waals surface area contributed by atoms with E-state index in [-0.39, 0.29) is 0 Å². The van der Waals surface area contributed by atoms with E-state index in [1.807, 2.05) is 6.92 Å². The van der Waals surface area contributed by atoms with Crippen LogP contribution in [-0.4, -0.2) is 21.1 Å². The number of hydrogen-bond donors (Lipinski definition) is 2. The van der Waals surface area contributed by atoms with Gasteiger partial charge in [0.1, 0.15) is 5.76 Å². The Bertz CT molecular complexity index is 472. The summed E-state index contributed by atoms with van der Waals surface area (Å²) in [6, 6.07) is 3.57. The molecule has 0 radical (unpaired) electrons. The highest BCUT2D eigenvalue weighted by Gasteiger charge is 2.05. The van der Waals surface area contributed by atoms with Crippen molar-refractivity contribution in [3.8, 4) is 0 Å². The Kier molecular flexibility index (Phi) is 2.86. The quantitative estimate of drug-likeness (QED) is 0.447. The fraction of sp³-hybridized carbons (Fsp3) is 0.222. The third-order valence-electron chi connectivity index (χ3n) is 1.98. The number of anilines is 1. The lowest BCUT2D eigenvalue weighted by Gasteiger charge is -1.99. The second-order valence-electron chi connectivity index (χ2n) is 3.05. The molecule has 2 heterocycles. The number of furan rings is 1. The molecule has 0 saturated heterocycles. The van der Waals surface area contributed by atoms with E-state index in [1.165, 1.54) is 10.9 Å². The van der Waals surface area contributed by atoms with Crippen molar-refractivity contribution in [2.24, 2.45) is 5.10 Å². The number of aromatic nitrogens is 3. The van der Waals surface area contributed by atoms with E-state index in [0.717, 1.165) is 0 Å². The van der Waals surface area contributed by atoms with Gasteiger partial charge in [-0.05, 0) is 12.1 Å². The van der Waals surface area contributed by atoms with Gasteiger partial charge < -0.3 is 10.3 Å². The van der Waals surface area contributed by atoms with Gasteiger partial charge in [0, 0.05) is 6.42 Å². The SMILES string of the molecule is CCc1nnc(N/N=C\c2ccco2)n1N. The fourth-order valence-corrected chi connectivity index (χ4v) is 1.16. The highest BCUT2D eigenvalue weighted by molar-refractivity contribution is 5.76. The van der Waals surface area contributed by atoms with Gasteiger partial charge in [-0.15, -0.1) is 10.2 Å². The number of hydrazone groups is 1. The third-order valence-corrected chi connectivity index (χ3v) is 1.98. The molecule has 0 amide bonds. The smallest absolute Gasteiger partial charge is 0.263 e. The Labute approximate surface area is 91.9 Å². The van der Waals surface area contributed by atoms with Gasteiger partial charge in [-0.25, -0.2) is 10.1 Å². The molecule has 7 nitrogen and oxygen atoms in total. The average molecular weight is 220 g/mol. The molecular formula is C9H12N6O. The summed E-state index contributed by atoms with van der Waals surface area (Å²) >= 11 is 0. The molecular weight excluding hydrogens is 208 g/mol. The fourth-order valence-electron chi connectivity index (χ4n) is 1.16.